The summed E-state index contributed by atoms with van der Waals surface area (Å²) < 4.78 is 5.78. The Labute approximate surface area is 203 Å². The number of ether oxygens (including phenoxy) is 1. The van der Waals surface area contributed by atoms with Gasteiger partial charge in [-0.2, -0.15) is 0 Å². The molecule has 2 aliphatic carbocycles. The van der Waals surface area contributed by atoms with Crippen molar-refractivity contribution in [2.24, 2.45) is 23.7 Å². The first-order valence-electron chi connectivity index (χ1n) is 10.7. The lowest BCUT2D eigenvalue weighted by Crippen LogP contribution is -2.32. The van der Waals surface area contributed by atoms with E-state index < -0.39 is 18.5 Å². The number of anilines is 2. The van der Waals surface area contributed by atoms with Crippen LogP contribution in [0.1, 0.15) is 29.6 Å². The molecule has 0 spiro atoms. The van der Waals surface area contributed by atoms with Crippen molar-refractivity contribution in [3.8, 4) is 0 Å². The Morgan fingerprint density at radius 2 is 1.67 bits per heavy atom. The van der Waals surface area contributed by atoms with Crippen LogP contribution in [0.25, 0.3) is 0 Å². The van der Waals surface area contributed by atoms with E-state index in [1.807, 2.05) is 0 Å². The summed E-state index contributed by atoms with van der Waals surface area (Å²) >= 11 is 9.27. The third-order valence-corrected chi connectivity index (χ3v) is 8.06. The molecule has 4 atom stereocenters. The van der Waals surface area contributed by atoms with Gasteiger partial charge in [-0.25, -0.2) is 4.79 Å². The number of hydrogen-bond donors (Lipinski definition) is 1. The number of rotatable bonds is 5. The topological polar surface area (TPSA) is 92.8 Å². The molecule has 3 fully saturated rings. The molecular formula is C24H20BrClN2O5. The van der Waals surface area contributed by atoms with Gasteiger partial charge in [-0.15, -0.1) is 0 Å². The summed E-state index contributed by atoms with van der Waals surface area (Å²) in [6, 6.07) is 11.1. The summed E-state index contributed by atoms with van der Waals surface area (Å²) in [5, 5.41) is 3.04. The fourth-order valence-electron chi connectivity index (χ4n) is 5.40. The third kappa shape index (κ3) is 3.95. The highest BCUT2D eigenvalue weighted by Gasteiger charge is 2.61. The van der Waals surface area contributed by atoms with E-state index in [1.165, 1.54) is 17.0 Å². The number of amides is 3. The first kappa shape index (κ1) is 22.1. The fraction of sp³-hybridized carbons (Fsp3) is 0.333. The molecule has 1 heterocycles. The normalized spacial score (nSPS) is 25.3. The minimum atomic E-state index is -0.681. The molecule has 1 saturated heterocycles. The maximum atomic E-state index is 12.9. The van der Waals surface area contributed by atoms with Gasteiger partial charge in [0.05, 0.1) is 28.1 Å². The van der Waals surface area contributed by atoms with Crippen molar-refractivity contribution in [3.63, 3.8) is 0 Å². The smallest absolute Gasteiger partial charge is 0.338 e. The number of imide groups is 1. The summed E-state index contributed by atoms with van der Waals surface area (Å²) in [7, 11) is 0. The van der Waals surface area contributed by atoms with Crippen LogP contribution in [-0.4, -0.2) is 30.3 Å². The van der Waals surface area contributed by atoms with Crippen LogP contribution in [0.4, 0.5) is 11.4 Å². The van der Waals surface area contributed by atoms with Crippen molar-refractivity contribution < 1.29 is 23.9 Å². The van der Waals surface area contributed by atoms with Crippen LogP contribution in [0.3, 0.4) is 0 Å². The highest BCUT2D eigenvalue weighted by molar-refractivity contribution is 9.10. The van der Waals surface area contributed by atoms with Crippen molar-refractivity contribution in [1.29, 1.82) is 0 Å². The number of carbonyl (C=O) groups excluding carboxylic acids is 4. The van der Waals surface area contributed by atoms with E-state index in [0.717, 1.165) is 19.3 Å². The number of nitrogens with one attached hydrogen (secondary N) is 1. The highest BCUT2D eigenvalue weighted by Crippen LogP contribution is 2.56. The molecule has 2 bridgehead atoms. The first-order valence-corrected chi connectivity index (χ1v) is 11.9. The summed E-state index contributed by atoms with van der Waals surface area (Å²) in [6.07, 6.45) is 3.02. The maximum Gasteiger partial charge on any atom is 0.338 e. The van der Waals surface area contributed by atoms with E-state index in [2.05, 4.69) is 21.2 Å². The average Bonchev–Trinajstić information content (AvgIpc) is 3.48. The van der Waals surface area contributed by atoms with E-state index in [4.69, 9.17) is 16.3 Å². The third-order valence-electron chi connectivity index (χ3n) is 6.83. The monoisotopic (exact) mass is 530 g/mol. The van der Waals surface area contributed by atoms with Crippen LogP contribution in [0.15, 0.2) is 46.9 Å². The van der Waals surface area contributed by atoms with Crippen LogP contribution < -0.4 is 10.2 Å². The number of hydrogen-bond acceptors (Lipinski definition) is 5. The van der Waals surface area contributed by atoms with Crippen molar-refractivity contribution >= 4 is 62.6 Å². The van der Waals surface area contributed by atoms with E-state index in [1.54, 1.807) is 30.3 Å². The summed E-state index contributed by atoms with van der Waals surface area (Å²) in [5.74, 6) is -1.20. The van der Waals surface area contributed by atoms with Crippen molar-refractivity contribution in [3.05, 3.63) is 57.5 Å². The van der Waals surface area contributed by atoms with E-state index >= 15 is 0 Å². The van der Waals surface area contributed by atoms with Gasteiger partial charge < -0.3 is 10.1 Å². The standard InChI is InChI=1S/C24H20BrClN2O5/c25-17-8-5-15(10-18(17)26)27-19(29)11-33-24(32)12-3-6-16(7-4-12)28-22(30)20-13-1-2-14(9-13)21(20)23(28)31/h3-8,10,13-14,20-21H,1-2,9,11H2,(H,27,29)/t13-,14-,20-,21-/m0/s1. The quantitative estimate of drug-likeness (QED) is 0.455. The minimum absolute atomic E-state index is 0.128. The Balaban J connectivity index is 1.19. The highest BCUT2D eigenvalue weighted by atomic mass is 79.9. The Hall–Kier alpha value is -2.71. The lowest BCUT2D eigenvalue weighted by Gasteiger charge is -2.19. The Morgan fingerprint density at radius 3 is 2.27 bits per heavy atom. The molecule has 2 saturated carbocycles. The first-order chi connectivity index (χ1) is 15.8. The lowest BCUT2D eigenvalue weighted by molar-refractivity contribution is -0.123. The molecule has 2 aromatic carbocycles. The van der Waals surface area contributed by atoms with Gasteiger partial charge in [0.2, 0.25) is 11.8 Å². The molecule has 5 rings (SSSR count). The Morgan fingerprint density at radius 1 is 1.03 bits per heavy atom. The number of carbonyl (C=O) groups is 4. The Bertz CT molecular complexity index is 1140. The van der Waals surface area contributed by atoms with Gasteiger partial charge in [-0.1, -0.05) is 11.6 Å². The lowest BCUT2D eigenvalue weighted by atomic mass is 9.81. The molecule has 33 heavy (non-hydrogen) atoms. The zero-order valence-electron chi connectivity index (χ0n) is 17.4. The van der Waals surface area contributed by atoms with E-state index in [0.29, 0.717) is 32.7 Å². The zero-order valence-corrected chi connectivity index (χ0v) is 19.8. The molecule has 7 nitrogen and oxygen atoms in total. The van der Waals surface area contributed by atoms with Gasteiger partial charge >= 0.3 is 5.97 Å². The molecule has 0 aromatic heterocycles. The van der Waals surface area contributed by atoms with Crippen LogP contribution in [0, 0.1) is 23.7 Å². The van der Waals surface area contributed by atoms with Gasteiger partial charge in [-0.3, -0.25) is 19.3 Å². The van der Waals surface area contributed by atoms with Gasteiger partial charge in [0.1, 0.15) is 0 Å². The van der Waals surface area contributed by atoms with Gasteiger partial charge in [-0.05, 0) is 89.5 Å². The SMILES string of the molecule is O=C(COC(=O)c1ccc(N2C(=O)[C@H]3[C@H]4CC[C@@H](C4)[C@@H]3C2=O)cc1)Nc1ccc(Br)c(Cl)c1. The molecule has 1 N–H and O–H groups in total. The summed E-state index contributed by atoms with van der Waals surface area (Å²) in [6.45, 7) is -0.469. The van der Waals surface area contributed by atoms with Crippen LogP contribution in [-0.2, 0) is 19.1 Å². The fourth-order valence-corrected chi connectivity index (χ4v) is 5.82. The minimum Gasteiger partial charge on any atom is -0.452 e. The van der Waals surface area contributed by atoms with Crippen molar-refractivity contribution in [1.82, 2.24) is 0 Å². The average molecular weight is 532 g/mol. The van der Waals surface area contributed by atoms with Crippen LogP contribution >= 0.6 is 27.5 Å². The van der Waals surface area contributed by atoms with Gasteiger partial charge in [0.15, 0.2) is 6.61 Å². The maximum absolute atomic E-state index is 12.9. The van der Waals surface area contributed by atoms with E-state index in [9.17, 15) is 19.2 Å². The van der Waals surface area contributed by atoms with Gasteiger partial charge in [0.25, 0.3) is 5.91 Å². The molecule has 0 radical (unpaired) electrons. The second kappa shape index (κ2) is 8.57. The number of fused-ring (bicyclic) bond motifs is 5. The molecular weight excluding hydrogens is 512 g/mol. The number of benzene rings is 2. The molecule has 0 unspecified atom stereocenters. The Kier molecular flexibility index (Phi) is 5.74. The second-order valence-corrected chi connectivity index (χ2v) is 9.96. The van der Waals surface area contributed by atoms with Crippen LogP contribution in [0.2, 0.25) is 5.02 Å². The van der Waals surface area contributed by atoms with Gasteiger partial charge in [0, 0.05) is 10.2 Å². The number of halogens is 2. The van der Waals surface area contributed by atoms with E-state index in [-0.39, 0.29) is 29.2 Å². The van der Waals surface area contributed by atoms with Crippen molar-refractivity contribution in [2.45, 2.75) is 19.3 Å². The summed E-state index contributed by atoms with van der Waals surface area (Å²) in [5.41, 5.74) is 1.16. The molecule has 1 aliphatic heterocycles. The molecule has 3 amide bonds. The predicted octanol–water partition coefficient (Wildman–Crippen LogP) is 4.43. The number of esters is 1. The molecule has 3 aliphatic rings. The molecule has 9 heteroatoms. The number of nitrogens with zero attached hydrogens (tertiary/aromatic N) is 1. The summed E-state index contributed by atoms with van der Waals surface area (Å²) in [4.78, 5) is 51.5. The molecule has 170 valence electrons. The zero-order chi connectivity index (χ0) is 23.3. The predicted molar refractivity (Wildman–Crippen MR) is 125 cm³/mol. The largest absolute Gasteiger partial charge is 0.452 e. The second-order valence-electron chi connectivity index (χ2n) is 8.70. The molecule has 2 aromatic rings. The van der Waals surface area contributed by atoms with Crippen LogP contribution in [0.5, 0.6) is 0 Å². The van der Waals surface area contributed by atoms with Crippen molar-refractivity contribution in [2.75, 3.05) is 16.8 Å².